The van der Waals surface area contributed by atoms with Crippen LogP contribution >= 0.6 is 0 Å². The minimum absolute atomic E-state index is 0.202. The Labute approximate surface area is 133 Å². The summed E-state index contributed by atoms with van der Waals surface area (Å²) in [5.41, 5.74) is 6.33. The molecule has 0 spiro atoms. The fourth-order valence-electron chi connectivity index (χ4n) is 2.46. The molecule has 0 aliphatic rings. The van der Waals surface area contributed by atoms with Crippen molar-refractivity contribution in [3.8, 4) is 0 Å². The van der Waals surface area contributed by atoms with Crippen LogP contribution in [0.25, 0.3) is 0 Å². The number of aryl methyl sites for hydroxylation is 1. The van der Waals surface area contributed by atoms with Crippen molar-refractivity contribution < 1.29 is 9.18 Å². The maximum Gasteiger partial charge on any atom is 0.251 e. The third kappa shape index (κ3) is 4.23. The molecule has 0 fully saturated rings. The summed E-state index contributed by atoms with van der Waals surface area (Å²) in [5.74, 6) is -0.617. The van der Waals surface area contributed by atoms with Crippen molar-refractivity contribution in [3.63, 3.8) is 0 Å². The van der Waals surface area contributed by atoms with Gasteiger partial charge in [0.15, 0.2) is 0 Å². The van der Waals surface area contributed by atoms with Gasteiger partial charge in [0.25, 0.3) is 5.56 Å². The largest absolute Gasteiger partial charge is 0.368 e. The SMILES string of the molecule is CCc1cc(=O)[nH]c(CN(C)[C@@H](C(N)=O)c2cccc(F)c2)n1. The van der Waals surface area contributed by atoms with E-state index in [1.807, 2.05) is 6.92 Å². The molecular weight excluding hydrogens is 299 g/mol. The van der Waals surface area contributed by atoms with Gasteiger partial charge in [-0.2, -0.15) is 0 Å². The lowest BCUT2D eigenvalue weighted by Crippen LogP contribution is -2.35. The fraction of sp³-hybridized carbons (Fsp3) is 0.312. The zero-order valence-corrected chi connectivity index (χ0v) is 13.0. The number of H-pyrrole nitrogens is 1. The van der Waals surface area contributed by atoms with Gasteiger partial charge in [0.05, 0.1) is 6.54 Å². The van der Waals surface area contributed by atoms with Crippen LogP contribution in [0.2, 0.25) is 0 Å². The van der Waals surface area contributed by atoms with Crippen LogP contribution in [0.3, 0.4) is 0 Å². The smallest absolute Gasteiger partial charge is 0.251 e. The summed E-state index contributed by atoms with van der Waals surface area (Å²) in [7, 11) is 1.67. The Morgan fingerprint density at radius 1 is 1.43 bits per heavy atom. The lowest BCUT2D eigenvalue weighted by Gasteiger charge is -2.25. The Kier molecular flexibility index (Phi) is 5.23. The molecule has 1 amide bonds. The topological polar surface area (TPSA) is 92.1 Å². The van der Waals surface area contributed by atoms with Crippen LogP contribution in [0.15, 0.2) is 35.1 Å². The van der Waals surface area contributed by atoms with Crippen molar-refractivity contribution in [2.75, 3.05) is 7.05 Å². The first kappa shape index (κ1) is 16.8. The van der Waals surface area contributed by atoms with E-state index in [2.05, 4.69) is 9.97 Å². The Morgan fingerprint density at radius 3 is 2.78 bits per heavy atom. The lowest BCUT2D eigenvalue weighted by molar-refractivity contribution is -0.123. The molecule has 0 bridgehead atoms. The van der Waals surface area contributed by atoms with Crippen molar-refractivity contribution in [1.82, 2.24) is 14.9 Å². The number of nitrogens with two attached hydrogens (primary N) is 1. The van der Waals surface area contributed by atoms with Crippen molar-refractivity contribution in [3.05, 3.63) is 63.6 Å². The highest BCUT2D eigenvalue weighted by molar-refractivity contribution is 5.81. The van der Waals surface area contributed by atoms with Gasteiger partial charge in [-0.25, -0.2) is 9.37 Å². The van der Waals surface area contributed by atoms with Crippen LogP contribution in [0.5, 0.6) is 0 Å². The average molecular weight is 318 g/mol. The van der Waals surface area contributed by atoms with Gasteiger partial charge in [-0.1, -0.05) is 19.1 Å². The normalized spacial score (nSPS) is 12.3. The molecule has 0 aliphatic carbocycles. The predicted octanol–water partition coefficient (Wildman–Crippen LogP) is 1.13. The molecule has 23 heavy (non-hydrogen) atoms. The molecule has 2 aromatic rings. The van der Waals surface area contributed by atoms with Gasteiger partial charge < -0.3 is 10.7 Å². The van der Waals surface area contributed by atoms with E-state index >= 15 is 0 Å². The van der Waals surface area contributed by atoms with Crippen molar-refractivity contribution in [1.29, 1.82) is 0 Å². The molecule has 3 N–H and O–H groups in total. The maximum atomic E-state index is 13.4. The second kappa shape index (κ2) is 7.15. The summed E-state index contributed by atoms with van der Waals surface area (Å²) in [6, 6.07) is 6.33. The number of benzene rings is 1. The summed E-state index contributed by atoms with van der Waals surface area (Å²) in [4.78, 5) is 32.0. The van der Waals surface area contributed by atoms with Gasteiger partial charge in [-0.15, -0.1) is 0 Å². The molecule has 1 atom stereocenters. The summed E-state index contributed by atoms with van der Waals surface area (Å²) in [5, 5.41) is 0. The fourth-order valence-corrected chi connectivity index (χ4v) is 2.46. The highest BCUT2D eigenvalue weighted by Gasteiger charge is 2.24. The predicted molar refractivity (Wildman–Crippen MR) is 84.0 cm³/mol. The third-order valence-corrected chi connectivity index (χ3v) is 3.48. The number of rotatable bonds is 6. The molecule has 2 rings (SSSR count). The Morgan fingerprint density at radius 2 is 2.17 bits per heavy atom. The second-order valence-corrected chi connectivity index (χ2v) is 5.31. The molecule has 6 nitrogen and oxygen atoms in total. The molecule has 1 aromatic heterocycles. The van der Waals surface area contributed by atoms with Crippen LogP contribution < -0.4 is 11.3 Å². The minimum atomic E-state index is -0.818. The molecule has 0 unspecified atom stereocenters. The first-order chi connectivity index (χ1) is 10.9. The summed E-state index contributed by atoms with van der Waals surface area (Å²) < 4.78 is 13.4. The van der Waals surface area contributed by atoms with Crippen LogP contribution in [-0.2, 0) is 17.8 Å². The summed E-state index contributed by atoms with van der Waals surface area (Å²) >= 11 is 0. The van der Waals surface area contributed by atoms with E-state index in [1.54, 1.807) is 18.0 Å². The first-order valence-electron chi connectivity index (χ1n) is 7.25. The molecule has 0 aliphatic heterocycles. The maximum absolute atomic E-state index is 13.4. The number of carbonyl (C=O) groups is 1. The van der Waals surface area contributed by atoms with Gasteiger partial charge in [0.1, 0.15) is 17.7 Å². The number of carbonyl (C=O) groups excluding carboxylic acids is 1. The first-order valence-corrected chi connectivity index (χ1v) is 7.25. The van der Waals surface area contributed by atoms with Gasteiger partial charge >= 0.3 is 0 Å². The van der Waals surface area contributed by atoms with E-state index < -0.39 is 17.8 Å². The molecule has 122 valence electrons. The highest BCUT2D eigenvalue weighted by Crippen LogP contribution is 2.21. The Balaban J connectivity index is 2.29. The quantitative estimate of drug-likeness (QED) is 0.835. The lowest BCUT2D eigenvalue weighted by atomic mass is 10.0. The van der Waals surface area contributed by atoms with E-state index in [0.717, 1.165) is 0 Å². The number of amides is 1. The number of aromatic nitrogens is 2. The molecule has 1 aromatic carbocycles. The zero-order chi connectivity index (χ0) is 17.0. The Hall–Kier alpha value is -2.54. The number of halogens is 1. The second-order valence-electron chi connectivity index (χ2n) is 5.31. The molecule has 0 saturated heterocycles. The van der Waals surface area contributed by atoms with Crippen LogP contribution in [0, 0.1) is 5.82 Å². The van der Waals surface area contributed by atoms with Gasteiger partial charge in [-0.3, -0.25) is 14.5 Å². The number of nitrogens with zero attached hydrogens (tertiary/aromatic N) is 2. The number of aromatic amines is 1. The number of primary amides is 1. The van der Waals surface area contributed by atoms with E-state index in [4.69, 9.17) is 5.73 Å². The van der Waals surface area contributed by atoms with Crippen molar-refractivity contribution in [2.45, 2.75) is 25.9 Å². The molecule has 1 heterocycles. The molecule has 0 saturated carbocycles. The number of likely N-dealkylation sites (N-methyl/N-ethyl adjacent to an activating group) is 1. The van der Waals surface area contributed by atoms with Gasteiger partial charge in [0, 0.05) is 11.8 Å². The molecule has 0 radical (unpaired) electrons. The van der Waals surface area contributed by atoms with Crippen molar-refractivity contribution >= 4 is 5.91 Å². The van der Waals surface area contributed by atoms with Gasteiger partial charge in [0.2, 0.25) is 5.91 Å². The monoisotopic (exact) mass is 318 g/mol. The van der Waals surface area contributed by atoms with Crippen LogP contribution in [-0.4, -0.2) is 27.8 Å². The van der Waals surface area contributed by atoms with Crippen LogP contribution in [0.4, 0.5) is 4.39 Å². The van der Waals surface area contributed by atoms with Gasteiger partial charge in [-0.05, 0) is 31.2 Å². The van der Waals surface area contributed by atoms with E-state index in [-0.39, 0.29) is 12.1 Å². The molecule has 7 heteroatoms. The van der Waals surface area contributed by atoms with E-state index in [0.29, 0.717) is 23.5 Å². The summed E-state index contributed by atoms with van der Waals surface area (Å²) in [6.07, 6.45) is 0.629. The zero-order valence-electron chi connectivity index (χ0n) is 13.0. The highest BCUT2D eigenvalue weighted by atomic mass is 19.1. The van der Waals surface area contributed by atoms with Crippen LogP contribution in [0.1, 0.15) is 30.0 Å². The standard InChI is InChI=1S/C16H19FN4O2/c1-3-12-8-14(22)20-13(19-12)9-21(2)15(16(18)23)10-5-4-6-11(17)7-10/h4-8,15H,3,9H2,1-2H3,(H2,18,23)(H,19,20,22)/t15-/m1/s1. The minimum Gasteiger partial charge on any atom is -0.368 e. The third-order valence-electron chi connectivity index (χ3n) is 3.48. The molecular formula is C16H19FN4O2. The summed E-state index contributed by atoms with van der Waals surface area (Å²) in [6.45, 7) is 2.10. The van der Waals surface area contributed by atoms with E-state index in [1.165, 1.54) is 24.3 Å². The Bertz CT molecular complexity index is 760. The number of nitrogens with one attached hydrogen (secondary N) is 1. The van der Waals surface area contributed by atoms with E-state index in [9.17, 15) is 14.0 Å². The van der Waals surface area contributed by atoms with Crippen molar-refractivity contribution in [2.24, 2.45) is 5.73 Å². The number of hydrogen-bond donors (Lipinski definition) is 2. The average Bonchev–Trinajstić information content (AvgIpc) is 2.46. The number of hydrogen-bond acceptors (Lipinski definition) is 4.